The van der Waals surface area contributed by atoms with Crippen molar-refractivity contribution in [3.05, 3.63) is 29.3 Å². The molecule has 6 heteroatoms. The van der Waals surface area contributed by atoms with Crippen LogP contribution in [0, 0.1) is 11.8 Å². The van der Waals surface area contributed by atoms with E-state index in [1.165, 1.54) is 37.0 Å². The monoisotopic (exact) mass is 340 g/mol. The minimum Gasteiger partial charge on any atom is -0.368 e. The third kappa shape index (κ3) is 2.51. The number of hydrogen-bond donors (Lipinski definition) is 3. The first kappa shape index (κ1) is 15.2. The summed E-state index contributed by atoms with van der Waals surface area (Å²) in [7, 11) is 0. The van der Waals surface area contributed by atoms with Gasteiger partial charge < -0.3 is 16.0 Å². The molecule has 1 aromatic rings. The molecule has 2 saturated carbocycles. The second kappa shape index (κ2) is 5.21. The number of rotatable bonds is 4. The zero-order valence-corrected chi connectivity index (χ0v) is 14.3. The zero-order valence-electron chi connectivity index (χ0n) is 14.3. The summed E-state index contributed by atoms with van der Waals surface area (Å²) in [4.78, 5) is 25.0. The SMILES string of the molecule is NC(=O)CN1Cc2cc(NC34CC5CC(CC(C5)N3)C4)ccc2C1=O. The van der Waals surface area contributed by atoms with Crippen LogP contribution >= 0.6 is 0 Å². The molecule has 25 heavy (non-hydrogen) atoms. The van der Waals surface area contributed by atoms with E-state index < -0.39 is 5.91 Å². The van der Waals surface area contributed by atoms with Crippen LogP contribution in [0.4, 0.5) is 5.69 Å². The Bertz CT molecular complexity index is 725. The summed E-state index contributed by atoms with van der Waals surface area (Å²) in [6, 6.07) is 6.58. The highest BCUT2D eigenvalue weighted by atomic mass is 16.2. The van der Waals surface area contributed by atoms with Crippen LogP contribution in [-0.4, -0.2) is 35.0 Å². The van der Waals surface area contributed by atoms with E-state index in [1.54, 1.807) is 0 Å². The summed E-state index contributed by atoms with van der Waals surface area (Å²) in [6.45, 7) is 0.438. The zero-order chi connectivity index (χ0) is 17.2. The van der Waals surface area contributed by atoms with Crippen molar-refractivity contribution in [3.8, 4) is 0 Å². The molecule has 6 rings (SSSR count). The van der Waals surface area contributed by atoms with Gasteiger partial charge in [-0.2, -0.15) is 0 Å². The minimum atomic E-state index is -0.475. The first-order valence-electron chi connectivity index (χ1n) is 9.26. The molecule has 0 spiro atoms. The van der Waals surface area contributed by atoms with Gasteiger partial charge >= 0.3 is 0 Å². The fourth-order valence-electron chi connectivity index (χ4n) is 5.78. The molecule has 2 saturated heterocycles. The lowest BCUT2D eigenvalue weighted by Crippen LogP contribution is -2.67. The molecule has 0 radical (unpaired) electrons. The van der Waals surface area contributed by atoms with Crippen LogP contribution < -0.4 is 16.4 Å². The summed E-state index contributed by atoms with van der Waals surface area (Å²) < 4.78 is 0. The summed E-state index contributed by atoms with van der Waals surface area (Å²) in [6.07, 6.45) is 6.40. The fourth-order valence-corrected chi connectivity index (χ4v) is 5.78. The number of carbonyl (C=O) groups excluding carboxylic acids is 2. The Morgan fingerprint density at radius 3 is 2.72 bits per heavy atom. The van der Waals surface area contributed by atoms with E-state index in [1.807, 2.05) is 12.1 Å². The van der Waals surface area contributed by atoms with E-state index in [-0.39, 0.29) is 18.1 Å². The van der Waals surface area contributed by atoms with Crippen LogP contribution in [0.3, 0.4) is 0 Å². The van der Waals surface area contributed by atoms with E-state index in [0.717, 1.165) is 23.1 Å². The maximum absolute atomic E-state index is 12.3. The highest BCUT2D eigenvalue weighted by Gasteiger charge is 2.50. The third-order valence-corrected chi connectivity index (χ3v) is 6.37. The van der Waals surface area contributed by atoms with Crippen molar-refractivity contribution >= 4 is 17.5 Å². The molecule has 3 heterocycles. The van der Waals surface area contributed by atoms with Gasteiger partial charge in [-0.1, -0.05) is 0 Å². The molecule has 2 unspecified atom stereocenters. The number of carbonyl (C=O) groups is 2. The van der Waals surface area contributed by atoms with Crippen molar-refractivity contribution in [1.29, 1.82) is 0 Å². The number of benzene rings is 1. The van der Waals surface area contributed by atoms with E-state index >= 15 is 0 Å². The molecule has 2 atom stereocenters. The highest BCUT2D eigenvalue weighted by Crippen LogP contribution is 2.49. The third-order valence-electron chi connectivity index (χ3n) is 6.37. The quantitative estimate of drug-likeness (QED) is 0.773. The van der Waals surface area contributed by atoms with Gasteiger partial charge in [0.1, 0.15) is 0 Å². The van der Waals surface area contributed by atoms with Gasteiger partial charge in [-0.3, -0.25) is 14.9 Å². The Morgan fingerprint density at radius 1 is 1.28 bits per heavy atom. The summed E-state index contributed by atoms with van der Waals surface area (Å²) in [5.74, 6) is 1.10. The minimum absolute atomic E-state index is 0.0124. The molecule has 2 amide bonds. The Labute approximate surface area is 147 Å². The van der Waals surface area contributed by atoms with Crippen molar-refractivity contribution in [3.63, 3.8) is 0 Å². The largest absolute Gasteiger partial charge is 0.368 e. The van der Waals surface area contributed by atoms with Crippen molar-refractivity contribution in [2.45, 2.75) is 50.4 Å². The molecule has 0 aromatic heterocycles. The number of fused-ring (bicyclic) bond motifs is 1. The van der Waals surface area contributed by atoms with Crippen molar-refractivity contribution < 1.29 is 9.59 Å². The van der Waals surface area contributed by atoms with Crippen molar-refractivity contribution in [2.24, 2.45) is 17.6 Å². The van der Waals surface area contributed by atoms with Crippen molar-refractivity contribution in [1.82, 2.24) is 10.2 Å². The number of nitrogens with two attached hydrogens (primary N) is 1. The molecule has 4 N–H and O–H groups in total. The maximum Gasteiger partial charge on any atom is 0.254 e. The van der Waals surface area contributed by atoms with Gasteiger partial charge in [0.05, 0.1) is 12.2 Å². The van der Waals surface area contributed by atoms with E-state index in [2.05, 4.69) is 16.7 Å². The number of hydrogen-bond acceptors (Lipinski definition) is 4. The number of nitrogens with zero attached hydrogens (tertiary/aromatic N) is 1. The molecule has 132 valence electrons. The van der Waals surface area contributed by atoms with Gasteiger partial charge in [-0.25, -0.2) is 0 Å². The number of nitrogens with one attached hydrogen (secondary N) is 2. The molecule has 5 aliphatic rings. The molecular weight excluding hydrogens is 316 g/mol. The predicted octanol–water partition coefficient (Wildman–Crippen LogP) is 1.42. The molecule has 6 nitrogen and oxygen atoms in total. The standard InChI is InChI=1S/C19H24N4O2/c20-17(24)10-23-9-13-6-14(1-2-16(13)18(23)25)21-19-7-11-3-12(8-19)5-15(4-11)22-19/h1-2,6,11-12,15,21-22H,3-5,7-10H2,(H2,20,24). The maximum atomic E-state index is 12.3. The molecule has 2 aliphatic carbocycles. The first-order chi connectivity index (χ1) is 12.0. The number of amides is 2. The summed E-state index contributed by atoms with van der Waals surface area (Å²) >= 11 is 0. The molecule has 4 fully saturated rings. The van der Waals surface area contributed by atoms with Crippen LogP contribution in [0.5, 0.6) is 0 Å². The van der Waals surface area contributed by atoms with Crippen LogP contribution in [0.2, 0.25) is 0 Å². The van der Waals surface area contributed by atoms with Gasteiger partial charge in [0.15, 0.2) is 0 Å². The van der Waals surface area contributed by atoms with E-state index in [4.69, 9.17) is 5.73 Å². The van der Waals surface area contributed by atoms with Gasteiger partial charge in [-0.05, 0) is 67.7 Å². The van der Waals surface area contributed by atoms with E-state index in [0.29, 0.717) is 18.2 Å². The van der Waals surface area contributed by atoms with Crippen LogP contribution in [0.1, 0.15) is 48.0 Å². The molecule has 3 aliphatic heterocycles. The lowest BCUT2D eigenvalue weighted by Gasteiger charge is -2.58. The Kier molecular flexibility index (Phi) is 3.17. The topological polar surface area (TPSA) is 87.5 Å². The second-order valence-electron chi connectivity index (χ2n) is 8.40. The Balaban J connectivity index is 1.37. The molecular formula is C19H24N4O2. The van der Waals surface area contributed by atoms with Gasteiger partial charge in [-0.15, -0.1) is 0 Å². The van der Waals surface area contributed by atoms with Gasteiger partial charge in [0.25, 0.3) is 5.91 Å². The number of piperidine rings is 2. The van der Waals surface area contributed by atoms with Gasteiger partial charge in [0.2, 0.25) is 5.91 Å². The first-order valence-corrected chi connectivity index (χ1v) is 9.26. The fraction of sp³-hybridized carbons (Fsp3) is 0.579. The molecule has 1 aromatic carbocycles. The van der Waals surface area contributed by atoms with E-state index in [9.17, 15) is 9.59 Å². The van der Waals surface area contributed by atoms with Gasteiger partial charge in [0, 0.05) is 23.8 Å². The van der Waals surface area contributed by atoms with Crippen LogP contribution in [-0.2, 0) is 11.3 Å². The highest BCUT2D eigenvalue weighted by molar-refractivity contribution is 6.00. The second-order valence-corrected chi connectivity index (χ2v) is 8.40. The average molecular weight is 340 g/mol. The number of anilines is 1. The lowest BCUT2D eigenvalue weighted by atomic mass is 9.62. The normalized spacial score (nSPS) is 35.1. The summed E-state index contributed by atoms with van der Waals surface area (Å²) in [5.41, 5.74) is 7.97. The summed E-state index contributed by atoms with van der Waals surface area (Å²) in [5, 5.41) is 7.59. The van der Waals surface area contributed by atoms with Crippen LogP contribution in [0.25, 0.3) is 0 Å². The predicted molar refractivity (Wildman–Crippen MR) is 93.7 cm³/mol. The van der Waals surface area contributed by atoms with Crippen molar-refractivity contribution in [2.75, 3.05) is 11.9 Å². The smallest absolute Gasteiger partial charge is 0.254 e. The Morgan fingerprint density at radius 2 is 2.04 bits per heavy atom. The average Bonchev–Trinajstić information content (AvgIpc) is 2.80. The Hall–Kier alpha value is -2.08. The molecule has 4 bridgehead atoms. The van der Waals surface area contributed by atoms with Crippen LogP contribution in [0.15, 0.2) is 18.2 Å². The number of primary amides is 1. The lowest BCUT2D eigenvalue weighted by molar-refractivity contribution is -0.118.